The summed E-state index contributed by atoms with van der Waals surface area (Å²) in [5.74, 6) is 2.51. The number of ether oxygens (including phenoxy) is 4. The highest BCUT2D eigenvalue weighted by molar-refractivity contribution is 5.96. The molecule has 3 aromatic rings. The zero-order valence-electron chi connectivity index (χ0n) is 24.8. The van der Waals surface area contributed by atoms with Crippen LogP contribution in [0.4, 0.5) is 0 Å². The second kappa shape index (κ2) is 13.4. The Labute approximate surface area is 242 Å². The maximum Gasteiger partial charge on any atom is 0.246 e. The van der Waals surface area contributed by atoms with Crippen molar-refractivity contribution in [2.24, 2.45) is 0 Å². The molecule has 8 nitrogen and oxygen atoms in total. The van der Waals surface area contributed by atoms with Crippen molar-refractivity contribution in [1.29, 1.82) is 0 Å². The summed E-state index contributed by atoms with van der Waals surface area (Å²) in [7, 11) is 8.15. The molecule has 0 radical (unpaired) electrons. The van der Waals surface area contributed by atoms with E-state index in [1.807, 2.05) is 55.5 Å². The van der Waals surface area contributed by atoms with Gasteiger partial charge in [-0.2, -0.15) is 0 Å². The average molecular weight is 561 g/mol. The molecule has 3 aromatic carbocycles. The molecular weight excluding hydrogens is 520 g/mol. The van der Waals surface area contributed by atoms with Gasteiger partial charge in [0.2, 0.25) is 17.6 Å². The third-order valence-electron chi connectivity index (χ3n) is 7.86. The van der Waals surface area contributed by atoms with Gasteiger partial charge in [-0.3, -0.25) is 9.59 Å². The first-order valence-electron chi connectivity index (χ1n) is 13.9. The molecule has 0 N–H and O–H groups in total. The smallest absolute Gasteiger partial charge is 0.246 e. The highest BCUT2D eigenvalue weighted by Gasteiger charge is 2.41. The first-order valence-corrected chi connectivity index (χ1v) is 13.9. The molecule has 0 aromatic heterocycles. The zero-order chi connectivity index (χ0) is 29.5. The molecule has 1 unspecified atom stereocenters. The Kier molecular flexibility index (Phi) is 9.76. The normalized spacial score (nSPS) is 17.0. The highest BCUT2D eigenvalue weighted by Crippen LogP contribution is 2.41. The molecule has 1 heterocycles. The third kappa shape index (κ3) is 6.59. The van der Waals surface area contributed by atoms with Crippen LogP contribution in [0.5, 0.6) is 23.0 Å². The fraction of sp³-hybridized carbons (Fsp3) is 0.394. The second-order valence-electron chi connectivity index (χ2n) is 10.3. The SMILES string of the molecule is COc1ccc(CCCCN2C(=O)C(Cc3ccc(-c4cc(OC)c(OC)c(OC)c4)cc3)N(C)C(=O)[C@@H]2C)cc1. The van der Waals surface area contributed by atoms with E-state index in [1.165, 1.54) is 5.56 Å². The molecule has 0 bridgehead atoms. The number of benzene rings is 3. The van der Waals surface area contributed by atoms with Gasteiger partial charge < -0.3 is 28.7 Å². The van der Waals surface area contributed by atoms with Crippen LogP contribution in [0.25, 0.3) is 11.1 Å². The van der Waals surface area contributed by atoms with Gasteiger partial charge in [-0.25, -0.2) is 0 Å². The number of carbonyl (C=O) groups excluding carboxylic acids is 2. The van der Waals surface area contributed by atoms with E-state index in [1.54, 1.807) is 45.3 Å². The Balaban J connectivity index is 1.42. The lowest BCUT2D eigenvalue weighted by atomic mass is 9.96. The maximum absolute atomic E-state index is 13.6. The molecule has 4 rings (SSSR count). The lowest BCUT2D eigenvalue weighted by molar-refractivity contribution is -0.159. The van der Waals surface area contributed by atoms with E-state index in [4.69, 9.17) is 18.9 Å². The highest BCUT2D eigenvalue weighted by atomic mass is 16.5. The predicted molar refractivity (Wildman–Crippen MR) is 159 cm³/mol. The number of carbonyl (C=O) groups is 2. The van der Waals surface area contributed by atoms with Crippen molar-refractivity contribution >= 4 is 11.8 Å². The van der Waals surface area contributed by atoms with Gasteiger partial charge in [-0.15, -0.1) is 0 Å². The van der Waals surface area contributed by atoms with E-state index >= 15 is 0 Å². The van der Waals surface area contributed by atoms with Crippen LogP contribution in [-0.2, 0) is 22.4 Å². The van der Waals surface area contributed by atoms with E-state index in [0.717, 1.165) is 41.7 Å². The molecule has 8 heteroatoms. The molecule has 0 saturated carbocycles. The molecular formula is C33H40N2O6. The Morgan fingerprint density at radius 1 is 0.707 bits per heavy atom. The van der Waals surface area contributed by atoms with Crippen LogP contribution < -0.4 is 18.9 Å². The quantitative estimate of drug-likeness (QED) is 0.290. The summed E-state index contributed by atoms with van der Waals surface area (Å²) < 4.78 is 21.6. The summed E-state index contributed by atoms with van der Waals surface area (Å²) in [6.45, 7) is 2.38. The predicted octanol–water partition coefficient (Wildman–Crippen LogP) is 5.01. The van der Waals surface area contributed by atoms with E-state index in [9.17, 15) is 9.59 Å². The Morgan fingerprint density at radius 2 is 1.32 bits per heavy atom. The second-order valence-corrected chi connectivity index (χ2v) is 10.3. The van der Waals surface area contributed by atoms with Crippen molar-refractivity contribution in [3.8, 4) is 34.1 Å². The van der Waals surface area contributed by atoms with Crippen LogP contribution in [0, 0.1) is 0 Å². The number of hydrogen-bond acceptors (Lipinski definition) is 6. The molecule has 2 atom stereocenters. The summed E-state index contributed by atoms with van der Waals surface area (Å²) in [4.78, 5) is 30.1. The topological polar surface area (TPSA) is 77.5 Å². The number of hydrogen-bond donors (Lipinski definition) is 0. The number of methoxy groups -OCH3 is 4. The summed E-state index contributed by atoms with van der Waals surface area (Å²) in [6.07, 6.45) is 3.12. The minimum absolute atomic E-state index is 0.00208. The lowest BCUT2D eigenvalue weighted by Crippen LogP contribution is -2.63. The molecule has 1 saturated heterocycles. The van der Waals surface area contributed by atoms with Gasteiger partial charge in [-0.05, 0) is 72.7 Å². The van der Waals surface area contributed by atoms with E-state index in [0.29, 0.717) is 30.2 Å². The Bertz CT molecular complexity index is 1310. The van der Waals surface area contributed by atoms with Gasteiger partial charge in [0.25, 0.3) is 0 Å². The minimum Gasteiger partial charge on any atom is -0.497 e. The number of rotatable bonds is 12. The van der Waals surface area contributed by atoms with Crippen molar-refractivity contribution in [2.75, 3.05) is 42.0 Å². The molecule has 0 spiro atoms. The van der Waals surface area contributed by atoms with Gasteiger partial charge in [-0.1, -0.05) is 36.4 Å². The molecule has 1 aliphatic rings. The van der Waals surface area contributed by atoms with Crippen molar-refractivity contribution in [1.82, 2.24) is 9.80 Å². The average Bonchev–Trinajstić information content (AvgIpc) is 3.01. The molecule has 2 amide bonds. The Hall–Kier alpha value is -4.20. The number of nitrogens with zero attached hydrogens (tertiary/aromatic N) is 2. The third-order valence-corrected chi connectivity index (χ3v) is 7.86. The van der Waals surface area contributed by atoms with Gasteiger partial charge in [0.15, 0.2) is 11.5 Å². The van der Waals surface area contributed by atoms with Gasteiger partial charge in [0.05, 0.1) is 28.4 Å². The van der Waals surface area contributed by atoms with Gasteiger partial charge >= 0.3 is 0 Å². The lowest BCUT2D eigenvalue weighted by Gasteiger charge is -2.42. The van der Waals surface area contributed by atoms with Gasteiger partial charge in [0.1, 0.15) is 17.8 Å². The van der Waals surface area contributed by atoms with E-state index < -0.39 is 12.1 Å². The fourth-order valence-corrected chi connectivity index (χ4v) is 5.37. The number of unbranched alkanes of at least 4 members (excludes halogenated alkanes) is 1. The van der Waals surface area contributed by atoms with Crippen LogP contribution in [0.2, 0.25) is 0 Å². The fourth-order valence-electron chi connectivity index (χ4n) is 5.37. The number of aryl methyl sites for hydroxylation is 1. The van der Waals surface area contributed by atoms with Crippen LogP contribution in [0.3, 0.4) is 0 Å². The van der Waals surface area contributed by atoms with Crippen LogP contribution >= 0.6 is 0 Å². The molecule has 41 heavy (non-hydrogen) atoms. The van der Waals surface area contributed by atoms with Crippen molar-refractivity contribution in [2.45, 2.75) is 44.7 Å². The molecule has 1 aliphatic heterocycles. The minimum atomic E-state index is -0.535. The van der Waals surface area contributed by atoms with Crippen LogP contribution in [-0.4, -0.2) is 75.7 Å². The van der Waals surface area contributed by atoms with Crippen molar-refractivity contribution < 1.29 is 28.5 Å². The number of piperazine rings is 1. The standard InChI is InChI=1S/C33H40N2O6/c1-22-32(36)34(2)28(33(37)35(22)18-8-7-9-23-12-16-27(38-3)17-13-23)19-24-10-14-25(15-11-24)26-20-29(39-4)31(41-6)30(21-26)40-5/h10-17,20-22,28H,7-9,18-19H2,1-6H3/t22-,28?/m0/s1. The van der Waals surface area contributed by atoms with Crippen LogP contribution in [0.15, 0.2) is 60.7 Å². The van der Waals surface area contributed by atoms with E-state index in [2.05, 4.69) is 12.1 Å². The first kappa shape index (κ1) is 29.8. The molecule has 218 valence electrons. The number of amides is 2. The summed E-state index contributed by atoms with van der Waals surface area (Å²) in [5, 5.41) is 0. The van der Waals surface area contributed by atoms with Crippen LogP contribution in [0.1, 0.15) is 30.9 Å². The summed E-state index contributed by atoms with van der Waals surface area (Å²) in [6, 6.07) is 18.9. The summed E-state index contributed by atoms with van der Waals surface area (Å²) >= 11 is 0. The van der Waals surface area contributed by atoms with E-state index in [-0.39, 0.29) is 11.8 Å². The number of likely N-dealkylation sites (N-methyl/N-ethyl adjacent to an activating group) is 1. The first-order chi connectivity index (χ1) is 19.8. The van der Waals surface area contributed by atoms with Crippen molar-refractivity contribution in [3.63, 3.8) is 0 Å². The molecule has 0 aliphatic carbocycles. The monoisotopic (exact) mass is 560 g/mol. The largest absolute Gasteiger partial charge is 0.497 e. The van der Waals surface area contributed by atoms with Crippen molar-refractivity contribution in [3.05, 3.63) is 71.8 Å². The Morgan fingerprint density at radius 3 is 1.88 bits per heavy atom. The molecule has 1 fully saturated rings. The summed E-state index contributed by atoms with van der Waals surface area (Å²) in [5.41, 5.74) is 4.10. The zero-order valence-corrected chi connectivity index (χ0v) is 24.8. The van der Waals surface area contributed by atoms with Gasteiger partial charge in [0, 0.05) is 20.0 Å². The maximum atomic E-state index is 13.6.